The summed E-state index contributed by atoms with van der Waals surface area (Å²) < 4.78 is 28.5. The van der Waals surface area contributed by atoms with E-state index in [1.165, 1.54) is 19.2 Å². The summed E-state index contributed by atoms with van der Waals surface area (Å²) in [6.07, 6.45) is -2.61. The van der Waals surface area contributed by atoms with E-state index in [9.17, 15) is 18.7 Å². The fourth-order valence-electron chi connectivity index (χ4n) is 1.10. The normalized spacial score (nSPS) is 10.2. The summed E-state index contributed by atoms with van der Waals surface area (Å²) in [5, 5.41) is 11.6. The minimum absolute atomic E-state index is 0.0268. The van der Waals surface area contributed by atoms with Crippen molar-refractivity contribution in [1.82, 2.24) is 5.32 Å². The second-order valence-corrected chi connectivity index (χ2v) is 3.00. The number of hydrogen-bond acceptors (Lipinski definition) is 3. The topological polar surface area (TPSA) is 58.6 Å². The lowest BCUT2D eigenvalue weighted by Gasteiger charge is -2.08. The van der Waals surface area contributed by atoms with Gasteiger partial charge in [0.2, 0.25) is 0 Å². The number of ether oxygens (including phenoxy) is 1. The molecule has 0 aliphatic rings. The monoisotopic (exact) mass is 231 g/mol. The van der Waals surface area contributed by atoms with Gasteiger partial charge in [0.1, 0.15) is 18.1 Å². The Morgan fingerprint density at radius 2 is 2.19 bits per heavy atom. The van der Waals surface area contributed by atoms with Crippen LogP contribution in [0.15, 0.2) is 18.2 Å². The molecule has 4 nitrogen and oxygen atoms in total. The highest BCUT2D eigenvalue weighted by Crippen LogP contribution is 2.22. The van der Waals surface area contributed by atoms with E-state index < -0.39 is 18.9 Å². The van der Waals surface area contributed by atoms with Crippen LogP contribution in [0.25, 0.3) is 0 Å². The van der Waals surface area contributed by atoms with E-state index in [-0.39, 0.29) is 17.1 Å². The summed E-state index contributed by atoms with van der Waals surface area (Å²) in [5.74, 6) is -0.623. The van der Waals surface area contributed by atoms with Gasteiger partial charge >= 0.3 is 0 Å². The van der Waals surface area contributed by atoms with Gasteiger partial charge in [-0.3, -0.25) is 4.79 Å². The van der Waals surface area contributed by atoms with Crippen molar-refractivity contribution < 1.29 is 23.4 Å². The van der Waals surface area contributed by atoms with Gasteiger partial charge in [0.15, 0.2) is 0 Å². The van der Waals surface area contributed by atoms with Gasteiger partial charge in [-0.05, 0) is 12.1 Å². The van der Waals surface area contributed by atoms with Gasteiger partial charge in [-0.25, -0.2) is 8.78 Å². The number of carbonyl (C=O) groups excluding carboxylic acids is 1. The molecule has 0 bridgehead atoms. The van der Waals surface area contributed by atoms with Crippen LogP contribution in [0.3, 0.4) is 0 Å². The molecule has 6 heteroatoms. The van der Waals surface area contributed by atoms with Crippen molar-refractivity contribution in [2.24, 2.45) is 0 Å². The second-order valence-electron chi connectivity index (χ2n) is 3.00. The Morgan fingerprint density at radius 1 is 1.50 bits per heavy atom. The summed E-state index contributed by atoms with van der Waals surface area (Å²) in [6.45, 7) is -0.781. The van der Waals surface area contributed by atoms with E-state index in [1.807, 2.05) is 0 Å². The molecule has 1 amide bonds. The predicted molar refractivity (Wildman–Crippen MR) is 53.0 cm³/mol. The second kappa shape index (κ2) is 5.29. The van der Waals surface area contributed by atoms with Crippen LogP contribution >= 0.6 is 0 Å². The van der Waals surface area contributed by atoms with Crippen molar-refractivity contribution in [3.8, 4) is 11.5 Å². The van der Waals surface area contributed by atoms with Gasteiger partial charge in [0, 0.05) is 18.7 Å². The molecule has 0 saturated heterocycles. The van der Waals surface area contributed by atoms with Crippen molar-refractivity contribution >= 4 is 5.91 Å². The van der Waals surface area contributed by atoms with Crippen LogP contribution in [0.5, 0.6) is 11.5 Å². The van der Waals surface area contributed by atoms with Gasteiger partial charge in [0.25, 0.3) is 12.3 Å². The number of phenolic OH excluding ortho intramolecular Hbond substituents is 1. The van der Waals surface area contributed by atoms with E-state index in [2.05, 4.69) is 5.32 Å². The SMILES string of the molecule is CNC(=O)c1cc(O)cc(OCC(F)F)c1. The average molecular weight is 231 g/mol. The van der Waals surface area contributed by atoms with Crippen LogP contribution in [0, 0.1) is 0 Å². The number of carbonyl (C=O) groups is 1. The Balaban J connectivity index is 2.85. The molecule has 0 aliphatic heterocycles. The largest absolute Gasteiger partial charge is 0.508 e. The number of aromatic hydroxyl groups is 1. The first kappa shape index (κ1) is 12.2. The van der Waals surface area contributed by atoms with Crippen LogP contribution in [0.1, 0.15) is 10.4 Å². The molecule has 0 saturated carbocycles. The van der Waals surface area contributed by atoms with Crippen molar-refractivity contribution in [3.05, 3.63) is 23.8 Å². The standard InChI is InChI=1S/C10H11F2NO3/c1-13-10(15)6-2-7(14)4-8(3-6)16-5-9(11)12/h2-4,9,14H,5H2,1H3,(H,13,15). The molecule has 1 aromatic carbocycles. The molecule has 1 rings (SSSR count). The lowest BCUT2D eigenvalue weighted by molar-refractivity contribution is 0.0816. The minimum atomic E-state index is -2.61. The summed E-state index contributed by atoms with van der Waals surface area (Å²) in [7, 11) is 1.42. The molecular formula is C10H11F2NO3. The number of rotatable bonds is 4. The van der Waals surface area contributed by atoms with Crippen molar-refractivity contribution in [1.29, 1.82) is 0 Å². The smallest absolute Gasteiger partial charge is 0.272 e. The van der Waals surface area contributed by atoms with E-state index >= 15 is 0 Å². The number of nitrogens with one attached hydrogen (secondary N) is 1. The van der Waals surface area contributed by atoms with Crippen LogP contribution in [-0.2, 0) is 0 Å². The number of halogens is 2. The van der Waals surface area contributed by atoms with Gasteiger partial charge in [0.05, 0.1) is 0 Å². The first-order valence-corrected chi connectivity index (χ1v) is 4.50. The molecule has 0 radical (unpaired) electrons. The molecule has 2 N–H and O–H groups in total. The maximum absolute atomic E-state index is 11.9. The van der Waals surface area contributed by atoms with Crippen molar-refractivity contribution in [2.75, 3.05) is 13.7 Å². The van der Waals surface area contributed by atoms with Crippen LogP contribution in [0.4, 0.5) is 8.78 Å². The van der Waals surface area contributed by atoms with Gasteiger partial charge in [-0.15, -0.1) is 0 Å². The quantitative estimate of drug-likeness (QED) is 0.823. The van der Waals surface area contributed by atoms with E-state index in [4.69, 9.17) is 4.74 Å². The number of benzene rings is 1. The first-order valence-electron chi connectivity index (χ1n) is 4.50. The molecule has 0 unspecified atom stereocenters. The third kappa shape index (κ3) is 3.38. The molecule has 0 fully saturated rings. The highest BCUT2D eigenvalue weighted by atomic mass is 19.3. The molecule has 0 aliphatic carbocycles. The van der Waals surface area contributed by atoms with Crippen LogP contribution in [-0.4, -0.2) is 31.1 Å². The number of alkyl halides is 2. The summed E-state index contributed by atoms with van der Waals surface area (Å²) in [6, 6.07) is 3.66. The zero-order chi connectivity index (χ0) is 12.1. The van der Waals surface area contributed by atoms with Gasteiger partial charge in [-0.1, -0.05) is 0 Å². The van der Waals surface area contributed by atoms with Crippen LogP contribution < -0.4 is 10.1 Å². The molecule has 88 valence electrons. The third-order valence-electron chi connectivity index (χ3n) is 1.76. The van der Waals surface area contributed by atoms with E-state index in [1.54, 1.807) is 0 Å². The van der Waals surface area contributed by atoms with E-state index in [0.717, 1.165) is 6.07 Å². The fourth-order valence-corrected chi connectivity index (χ4v) is 1.10. The maximum atomic E-state index is 11.9. The summed E-state index contributed by atoms with van der Waals surface area (Å²) >= 11 is 0. The Morgan fingerprint density at radius 3 is 2.75 bits per heavy atom. The molecule has 0 aromatic heterocycles. The van der Waals surface area contributed by atoms with Crippen molar-refractivity contribution in [3.63, 3.8) is 0 Å². The molecule has 1 aromatic rings. The van der Waals surface area contributed by atoms with Crippen molar-refractivity contribution in [2.45, 2.75) is 6.43 Å². The lowest BCUT2D eigenvalue weighted by atomic mass is 10.2. The Bertz CT molecular complexity index is 382. The predicted octanol–water partition coefficient (Wildman–Crippen LogP) is 1.40. The number of amides is 1. The Labute approximate surface area is 90.8 Å². The average Bonchev–Trinajstić information content (AvgIpc) is 2.24. The number of phenols is 1. The summed E-state index contributed by atoms with van der Waals surface area (Å²) in [4.78, 5) is 11.2. The molecule has 0 spiro atoms. The maximum Gasteiger partial charge on any atom is 0.272 e. The highest BCUT2D eigenvalue weighted by molar-refractivity contribution is 5.94. The molecule has 0 atom stereocenters. The Kier molecular flexibility index (Phi) is 4.04. The zero-order valence-corrected chi connectivity index (χ0v) is 8.54. The molecule has 16 heavy (non-hydrogen) atoms. The molecule has 0 heterocycles. The summed E-state index contributed by atoms with van der Waals surface area (Å²) in [5.41, 5.74) is 0.145. The zero-order valence-electron chi connectivity index (χ0n) is 8.54. The van der Waals surface area contributed by atoms with Gasteiger partial charge in [-0.2, -0.15) is 0 Å². The fraction of sp³-hybridized carbons (Fsp3) is 0.300. The third-order valence-corrected chi connectivity index (χ3v) is 1.76. The van der Waals surface area contributed by atoms with Gasteiger partial charge < -0.3 is 15.2 Å². The Hall–Kier alpha value is -1.85. The lowest BCUT2D eigenvalue weighted by Crippen LogP contribution is -2.17. The number of hydrogen-bond donors (Lipinski definition) is 2. The first-order chi connectivity index (χ1) is 7.52. The highest BCUT2D eigenvalue weighted by Gasteiger charge is 2.09. The van der Waals surface area contributed by atoms with E-state index in [0.29, 0.717) is 0 Å². The molecular weight excluding hydrogens is 220 g/mol. The minimum Gasteiger partial charge on any atom is -0.508 e. The van der Waals surface area contributed by atoms with Crippen LogP contribution in [0.2, 0.25) is 0 Å².